The maximum Gasteiger partial charge on any atom is 1.00 e. The molecule has 2 N–H and O–H groups in total. The molecule has 1 atom stereocenters. The van der Waals surface area contributed by atoms with Gasteiger partial charge in [-0.05, 0) is 24.3 Å². The van der Waals surface area contributed by atoms with E-state index in [2.05, 4.69) is 17.2 Å². The quantitative estimate of drug-likeness (QED) is 0.0895. The molecule has 1 aromatic carbocycles. The fourth-order valence-corrected chi connectivity index (χ4v) is 4.57. The third-order valence-corrected chi connectivity index (χ3v) is 6.79. The van der Waals surface area contributed by atoms with E-state index in [9.17, 15) is 14.7 Å². The minimum Gasteiger partial charge on any atom is -0.862 e. The van der Waals surface area contributed by atoms with E-state index in [4.69, 9.17) is 5.11 Å². The second-order valence-corrected chi connectivity index (χ2v) is 10.2. The van der Waals surface area contributed by atoms with Crippen molar-refractivity contribution in [3.8, 4) is 0 Å². The van der Waals surface area contributed by atoms with E-state index in [1.807, 2.05) is 6.07 Å². The van der Waals surface area contributed by atoms with Gasteiger partial charge in [0.2, 0.25) is 5.91 Å². The molecular weight excluding hydrogens is 487 g/mol. The first-order chi connectivity index (χ1) is 18.0. The van der Waals surface area contributed by atoms with Crippen LogP contribution in [0, 0.1) is 0 Å². The maximum atomic E-state index is 12.4. The van der Waals surface area contributed by atoms with Gasteiger partial charge in [-0.2, -0.15) is 0 Å². The van der Waals surface area contributed by atoms with Crippen LogP contribution < -0.4 is 40.0 Å². The Morgan fingerprint density at radius 2 is 1.18 bits per heavy atom. The molecule has 1 aromatic rings. The third-order valence-electron chi connectivity index (χ3n) is 6.79. The van der Waals surface area contributed by atoms with E-state index in [0.717, 1.165) is 19.3 Å². The molecule has 0 bridgehead atoms. The summed E-state index contributed by atoms with van der Waals surface area (Å²) >= 11 is 0. The van der Waals surface area contributed by atoms with Crippen molar-refractivity contribution < 1.29 is 49.4 Å². The molecule has 1 rings (SSSR count). The van der Waals surface area contributed by atoms with Gasteiger partial charge in [0.05, 0.1) is 0 Å². The van der Waals surface area contributed by atoms with Gasteiger partial charge in [0, 0.05) is 0 Å². The molecule has 0 saturated heterocycles. The minimum absolute atomic E-state index is 0. The molecule has 0 spiro atoms. The molecule has 0 saturated carbocycles. The number of nitrogens with one attached hydrogen (secondary N) is 1. The van der Waals surface area contributed by atoms with Crippen molar-refractivity contribution in [1.29, 1.82) is 0 Å². The number of unbranched alkanes of at least 4 members (excludes halogenated alkanes) is 17. The predicted octanol–water partition coefficient (Wildman–Crippen LogP) is 4.12. The summed E-state index contributed by atoms with van der Waals surface area (Å²) < 4.78 is 0. The molecule has 0 aliphatic heterocycles. The van der Waals surface area contributed by atoms with E-state index in [-0.39, 0.29) is 35.5 Å². The van der Waals surface area contributed by atoms with Gasteiger partial charge in [-0.1, -0.05) is 146 Å². The summed E-state index contributed by atoms with van der Waals surface area (Å²) in [5.41, 5.74) is 0.580. The van der Waals surface area contributed by atoms with Gasteiger partial charge < -0.3 is 15.5 Å². The van der Waals surface area contributed by atoms with Crippen molar-refractivity contribution in [3.63, 3.8) is 0 Å². The molecule has 0 heterocycles. The van der Waals surface area contributed by atoms with Crippen LogP contribution in [0.4, 0.5) is 0 Å². The van der Waals surface area contributed by atoms with E-state index in [1.165, 1.54) is 96.3 Å². The molecule has 0 fully saturated rings. The number of carbonyl (C=O) groups is 2. The van der Waals surface area contributed by atoms with Gasteiger partial charge in [0.1, 0.15) is 6.54 Å². The van der Waals surface area contributed by atoms with Crippen molar-refractivity contribution >= 4 is 17.8 Å². The number of aliphatic carboxylic acids is 1. The van der Waals surface area contributed by atoms with Gasteiger partial charge in [0.25, 0.3) is 0 Å². The first-order valence-corrected chi connectivity index (χ1v) is 14.8. The van der Waals surface area contributed by atoms with Crippen LogP contribution in [0.3, 0.4) is 0 Å². The van der Waals surface area contributed by atoms with Crippen LogP contribution in [0.1, 0.15) is 141 Å². The predicted molar refractivity (Wildman–Crippen MR) is 151 cm³/mol. The largest absolute Gasteiger partial charge is 1.00 e. The summed E-state index contributed by atoms with van der Waals surface area (Å²) in [4.78, 5) is 27.3. The molecule has 38 heavy (non-hydrogen) atoms. The van der Waals surface area contributed by atoms with Gasteiger partial charge >= 0.3 is 35.5 Å². The molecule has 7 heteroatoms. The van der Waals surface area contributed by atoms with Crippen molar-refractivity contribution in [1.82, 2.24) is 5.32 Å². The van der Waals surface area contributed by atoms with Crippen molar-refractivity contribution in [3.05, 3.63) is 35.9 Å². The van der Waals surface area contributed by atoms with Crippen molar-refractivity contribution in [2.24, 2.45) is 4.99 Å². The Morgan fingerprint density at radius 1 is 0.763 bits per heavy atom. The van der Waals surface area contributed by atoms with Crippen LogP contribution >= 0.6 is 0 Å². The summed E-state index contributed by atoms with van der Waals surface area (Å²) in [6.45, 7) is 1.77. The normalized spacial score (nSPS) is 12.1. The number of hydrogen-bond acceptors (Lipinski definition) is 4. The van der Waals surface area contributed by atoms with Gasteiger partial charge in [0.15, 0.2) is 6.04 Å². The standard InChI is InChI=1S/C31H52N2O4.Na/c1-2-3-4-5-6-7-8-9-10-11-12-13-14-15-16-17-18-22-25-28(34)33-30(27-23-20-19-21-24-27)31(37)32-26-29(35)36;/h19-21,23-24,30H,2-18,22,25-26H2,1H3,(H,32,37)(H,33,34)(H,35,36);/q;+1/p-1/t30-;/m1./s1. The van der Waals surface area contributed by atoms with Crippen molar-refractivity contribution in [2.45, 2.75) is 135 Å². The summed E-state index contributed by atoms with van der Waals surface area (Å²) in [5.74, 6) is -2.01. The van der Waals surface area contributed by atoms with E-state index in [0.29, 0.717) is 12.0 Å². The van der Waals surface area contributed by atoms with Gasteiger partial charge in [-0.25, -0.2) is 0 Å². The van der Waals surface area contributed by atoms with Crippen molar-refractivity contribution in [2.75, 3.05) is 6.54 Å². The first-order valence-electron chi connectivity index (χ1n) is 14.8. The monoisotopic (exact) mass is 538 g/mol. The molecule has 1 amide bonds. The number of carbonyl (C=O) groups excluding carboxylic acids is 1. The number of carboxylic acids is 1. The van der Waals surface area contributed by atoms with Gasteiger partial charge in [-0.3, -0.25) is 14.6 Å². The van der Waals surface area contributed by atoms with Crippen LogP contribution in [-0.4, -0.2) is 29.4 Å². The summed E-state index contributed by atoms with van der Waals surface area (Å²) in [6.07, 6.45) is 23.6. The average molecular weight is 539 g/mol. The Labute approximate surface area is 253 Å². The van der Waals surface area contributed by atoms with Crippen LogP contribution in [0.25, 0.3) is 0 Å². The number of hydrogen-bond donors (Lipinski definition) is 2. The molecular formula is C31H51N2NaO4. The van der Waals surface area contributed by atoms with Gasteiger partial charge in [-0.15, -0.1) is 0 Å². The number of amides is 1. The smallest absolute Gasteiger partial charge is 0.862 e. The van der Waals surface area contributed by atoms with Crippen LogP contribution in [0.5, 0.6) is 0 Å². The summed E-state index contributed by atoms with van der Waals surface area (Å²) in [7, 11) is 0. The van der Waals surface area contributed by atoms with E-state index < -0.39 is 24.5 Å². The Morgan fingerprint density at radius 3 is 1.61 bits per heavy atom. The van der Waals surface area contributed by atoms with Crippen LogP contribution in [0.15, 0.2) is 35.3 Å². The number of rotatable bonds is 24. The zero-order valence-corrected chi connectivity index (χ0v) is 26.2. The van der Waals surface area contributed by atoms with Crippen LogP contribution in [-0.2, 0) is 9.59 Å². The number of carboxylic acid groups (broad SMARTS) is 1. The minimum atomic E-state index is -1.13. The summed E-state index contributed by atoms with van der Waals surface area (Å²) in [5, 5.41) is 23.5. The third kappa shape index (κ3) is 20.6. The molecule has 210 valence electrons. The maximum absolute atomic E-state index is 12.4. The SMILES string of the molecule is CCCCCCCCCCCCCCCCCCCCC([O-])=N[C@@H](C(=O)NCC(=O)O)c1ccccc1.[Na+]. The zero-order chi connectivity index (χ0) is 27.0. The number of benzene rings is 1. The fraction of sp³-hybridized carbons (Fsp3) is 0.710. The molecule has 0 aliphatic carbocycles. The molecule has 0 aliphatic rings. The topological polar surface area (TPSA) is 102 Å². The zero-order valence-electron chi connectivity index (χ0n) is 24.2. The molecule has 6 nitrogen and oxygen atoms in total. The average Bonchev–Trinajstić information content (AvgIpc) is 2.90. The molecule has 0 unspecified atom stereocenters. The second kappa shape index (κ2) is 25.9. The van der Waals surface area contributed by atoms with Crippen LogP contribution in [0.2, 0.25) is 0 Å². The Hall–Kier alpha value is -1.37. The Bertz CT molecular complexity index is 743. The number of aliphatic imine (C=N–C) groups is 1. The van der Waals surface area contributed by atoms with E-state index >= 15 is 0 Å². The van der Waals surface area contributed by atoms with E-state index in [1.54, 1.807) is 24.3 Å². The second-order valence-electron chi connectivity index (χ2n) is 10.2. The number of nitrogens with zero attached hydrogens (tertiary/aromatic N) is 1. The summed E-state index contributed by atoms with van der Waals surface area (Å²) in [6, 6.07) is 7.78. The first kappa shape index (κ1) is 36.6. The Kier molecular flexibility index (Phi) is 25.0. The Balaban J connectivity index is 0.0000137. The molecule has 0 aromatic heterocycles. The molecule has 0 radical (unpaired) electrons. The fourth-order valence-electron chi connectivity index (χ4n) is 4.57.